The van der Waals surface area contributed by atoms with E-state index in [4.69, 9.17) is 4.74 Å². The van der Waals surface area contributed by atoms with Crippen molar-refractivity contribution in [1.82, 2.24) is 0 Å². The van der Waals surface area contributed by atoms with Crippen molar-refractivity contribution in [2.75, 3.05) is 7.11 Å². The number of rotatable bonds is 3. The maximum absolute atomic E-state index is 10.3. The van der Waals surface area contributed by atoms with E-state index in [0.717, 1.165) is 27.3 Å². The van der Waals surface area contributed by atoms with Crippen molar-refractivity contribution in [2.45, 2.75) is 20.0 Å². The molecule has 0 saturated heterocycles. The van der Waals surface area contributed by atoms with Gasteiger partial charge in [0.2, 0.25) is 0 Å². The SMILES string of the molecule is COc1ccc(C(O)c2ccsc2C)cc1C. The summed E-state index contributed by atoms with van der Waals surface area (Å²) >= 11 is 1.65. The Balaban J connectivity index is 2.35. The molecule has 17 heavy (non-hydrogen) atoms. The van der Waals surface area contributed by atoms with Gasteiger partial charge in [-0.15, -0.1) is 11.3 Å². The van der Waals surface area contributed by atoms with Crippen LogP contribution in [-0.4, -0.2) is 12.2 Å². The average Bonchev–Trinajstić information content (AvgIpc) is 2.74. The molecule has 1 heterocycles. The molecule has 0 aliphatic rings. The first-order chi connectivity index (χ1) is 8.13. The maximum atomic E-state index is 10.3. The van der Waals surface area contributed by atoms with Gasteiger partial charge in [0.25, 0.3) is 0 Å². The highest BCUT2D eigenvalue weighted by Gasteiger charge is 2.14. The first-order valence-corrected chi connectivity index (χ1v) is 6.38. The Labute approximate surface area is 105 Å². The minimum absolute atomic E-state index is 0.550. The molecule has 0 radical (unpaired) electrons. The molecular weight excluding hydrogens is 232 g/mol. The molecule has 1 atom stereocenters. The van der Waals surface area contributed by atoms with Gasteiger partial charge in [-0.1, -0.05) is 6.07 Å². The standard InChI is InChI=1S/C14H16O2S/c1-9-8-11(4-5-13(9)16-3)14(15)12-6-7-17-10(12)2/h4-8,14-15H,1-3H3. The third-order valence-corrected chi connectivity index (χ3v) is 3.79. The van der Waals surface area contributed by atoms with E-state index in [1.54, 1.807) is 18.4 Å². The summed E-state index contributed by atoms with van der Waals surface area (Å²) < 4.78 is 5.21. The maximum Gasteiger partial charge on any atom is 0.121 e. The first kappa shape index (κ1) is 12.1. The fraction of sp³-hybridized carbons (Fsp3) is 0.286. The summed E-state index contributed by atoms with van der Waals surface area (Å²) in [5.41, 5.74) is 2.93. The van der Waals surface area contributed by atoms with Gasteiger partial charge >= 0.3 is 0 Å². The fourth-order valence-electron chi connectivity index (χ4n) is 1.93. The molecule has 1 N–H and O–H groups in total. The van der Waals surface area contributed by atoms with Crippen molar-refractivity contribution < 1.29 is 9.84 Å². The summed E-state index contributed by atoms with van der Waals surface area (Å²) in [6.07, 6.45) is -0.550. The molecule has 90 valence electrons. The van der Waals surface area contributed by atoms with Gasteiger partial charge < -0.3 is 9.84 Å². The van der Waals surface area contributed by atoms with E-state index in [2.05, 4.69) is 0 Å². The van der Waals surface area contributed by atoms with E-state index in [0.29, 0.717) is 0 Å². The van der Waals surface area contributed by atoms with Crippen LogP contribution in [0.2, 0.25) is 0 Å². The molecule has 0 aliphatic heterocycles. The van der Waals surface area contributed by atoms with Crippen LogP contribution in [0.15, 0.2) is 29.6 Å². The average molecular weight is 248 g/mol. The zero-order valence-electron chi connectivity index (χ0n) is 10.2. The van der Waals surface area contributed by atoms with Crippen molar-refractivity contribution in [1.29, 1.82) is 0 Å². The lowest BCUT2D eigenvalue weighted by molar-refractivity contribution is 0.220. The van der Waals surface area contributed by atoms with Gasteiger partial charge in [0, 0.05) is 4.88 Å². The molecule has 0 fully saturated rings. The lowest BCUT2D eigenvalue weighted by Gasteiger charge is -2.13. The highest BCUT2D eigenvalue weighted by atomic mass is 32.1. The number of aryl methyl sites for hydroxylation is 2. The van der Waals surface area contributed by atoms with Gasteiger partial charge in [-0.05, 0) is 54.1 Å². The number of thiophene rings is 1. The number of ether oxygens (including phenoxy) is 1. The van der Waals surface area contributed by atoms with Gasteiger partial charge in [-0.25, -0.2) is 0 Å². The van der Waals surface area contributed by atoms with Gasteiger partial charge in [-0.3, -0.25) is 0 Å². The van der Waals surface area contributed by atoms with Crippen LogP contribution >= 0.6 is 11.3 Å². The molecule has 0 saturated carbocycles. The lowest BCUT2D eigenvalue weighted by Crippen LogP contribution is -2.00. The molecule has 0 spiro atoms. The summed E-state index contributed by atoms with van der Waals surface area (Å²) in [6.45, 7) is 4.01. The number of aliphatic hydroxyl groups excluding tert-OH is 1. The number of aliphatic hydroxyl groups is 1. The molecule has 1 aromatic heterocycles. The summed E-state index contributed by atoms with van der Waals surface area (Å²) in [6, 6.07) is 7.76. The molecule has 2 nitrogen and oxygen atoms in total. The zero-order chi connectivity index (χ0) is 12.4. The van der Waals surface area contributed by atoms with Crippen molar-refractivity contribution in [3.63, 3.8) is 0 Å². The van der Waals surface area contributed by atoms with Crippen molar-refractivity contribution in [2.24, 2.45) is 0 Å². The van der Waals surface area contributed by atoms with E-state index in [1.165, 1.54) is 0 Å². The van der Waals surface area contributed by atoms with E-state index in [-0.39, 0.29) is 0 Å². The van der Waals surface area contributed by atoms with Crippen LogP contribution < -0.4 is 4.74 Å². The number of methoxy groups -OCH3 is 1. The van der Waals surface area contributed by atoms with Gasteiger partial charge in [0.15, 0.2) is 0 Å². The number of hydrogen-bond acceptors (Lipinski definition) is 3. The Morgan fingerprint density at radius 1 is 1.24 bits per heavy atom. The topological polar surface area (TPSA) is 29.5 Å². The third kappa shape index (κ3) is 2.35. The Bertz CT molecular complexity index is 517. The Morgan fingerprint density at radius 2 is 2.00 bits per heavy atom. The van der Waals surface area contributed by atoms with Crippen LogP contribution in [0.3, 0.4) is 0 Å². The zero-order valence-corrected chi connectivity index (χ0v) is 11.0. The van der Waals surface area contributed by atoms with Crippen LogP contribution in [0.1, 0.15) is 27.7 Å². The molecule has 0 aliphatic carbocycles. The summed E-state index contributed by atoms with van der Waals surface area (Å²) in [4.78, 5) is 1.16. The minimum atomic E-state index is -0.550. The van der Waals surface area contributed by atoms with Crippen molar-refractivity contribution >= 4 is 11.3 Å². The van der Waals surface area contributed by atoms with E-state index in [1.807, 2.05) is 43.5 Å². The Kier molecular flexibility index (Phi) is 3.50. The predicted octanol–water partition coefficient (Wildman–Crippen LogP) is 3.46. The smallest absolute Gasteiger partial charge is 0.121 e. The normalized spacial score (nSPS) is 12.5. The van der Waals surface area contributed by atoms with E-state index in [9.17, 15) is 5.11 Å². The third-order valence-electron chi connectivity index (χ3n) is 2.93. The molecule has 1 unspecified atom stereocenters. The highest BCUT2D eigenvalue weighted by Crippen LogP contribution is 2.30. The predicted molar refractivity (Wildman–Crippen MR) is 70.8 cm³/mol. The Hall–Kier alpha value is -1.32. The van der Waals surface area contributed by atoms with E-state index >= 15 is 0 Å². The molecular formula is C14H16O2S. The largest absolute Gasteiger partial charge is 0.496 e. The molecule has 3 heteroatoms. The molecule has 0 bridgehead atoms. The molecule has 2 aromatic rings. The molecule has 1 aromatic carbocycles. The van der Waals surface area contributed by atoms with Gasteiger partial charge in [0.05, 0.1) is 7.11 Å². The minimum Gasteiger partial charge on any atom is -0.496 e. The van der Waals surface area contributed by atoms with Crippen molar-refractivity contribution in [3.05, 3.63) is 51.2 Å². The second-order valence-corrected chi connectivity index (χ2v) is 5.18. The summed E-state index contributed by atoms with van der Waals surface area (Å²) in [5.74, 6) is 0.850. The van der Waals surface area contributed by atoms with Gasteiger partial charge in [-0.2, -0.15) is 0 Å². The van der Waals surface area contributed by atoms with Crippen LogP contribution in [0.5, 0.6) is 5.75 Å². The highest BCUT2D eigenvalue weighted by molar-refractivity contribution is 7.10. The molecule has 2 rings (SSSR count). The number of hydrogen-bond donors (Lipinski definition) is 1. The van der Waals surface area contributed by atoms with E-state index < -0.39 is 6.10 Å². The summed E-state index contributed by atoms with van der Waals surface area (Å²) in [5, 5.41) is 12.3. The lowest BCUT2D eigenvalue weighted by atomic mass is 10.0. The monoisotopic (exact) mass is 248 g/mol. The van der Waals surface area contributed by atoms with Crippen LogP contribution in [0.25, 0.3) is 0 Å². The second kappa shape index (κ2) is 4.90. The van der Waals surface area contributed by atoms with Crippen molar-refractivity contribution in [3.8, 4) is 5.75 Å². The Morgan fingerprint density at radius 3 is 2.53 bits per heavy atom. The first-order valence-electron chi connectivity index (χ1n) is 5.50. The second-order valence-electron chi connectivity index (χ2n) is 4.06. The van der Waals surface area contributed by atoms with Crippen LogP contribution in [-0.2, 0) is 0 Å². The quantitative estimate of drug-likeness (QED) is 0.901. The molecule has 0 amide bonds. The van der Waals surface area contributed by atoms with Crippen LogP contribution in [0, 0.1) is 13.8 Å². The number of benzene rings is 1. The van der Waals surface area contributed by atoms with Gasteiger partial charge in [0.1, 0.15) is 11.9 Å². The fourth-order valence-corrected chi connectivity index (χ4v) is 2.66. The summed E-state index contributed by atoms with van der Waals surface area (Å²) in [7, 11) is 1.65. The van der Waals surface area contributed by atoms with Crippen LogP contribution in [0.4, 0.5) is 0 Å².